The van der Waals surface area contributed by atoms with Crippen molar-refractivity contribution in [1.82, 2.24) is 10.7 Å². The van der Waals surface area contributed by atoms with Crippen LogP contribution in [0.3, 0.4) is 0 Å². The van der Waals surface area contributed by atoms with Crippen molar-refractivity contribution >= 4 is 39.0 Å². The third kappa shape index (κ3) is 4.87. The minimum Gasteiger partial charge on any atom is -0.359 e. The van der Waals surface area contributed by atoms with Gasteiger partial charge in [0.2, 0.25) is 0 Å². The highest BCUT2D eigenvalue weighted by Crippen LogP contribution is 2.17. The highest BCUT2D eigenvalue weighted by molar-refractivity contribution is 9.10. The molecule has 0 heterocycles. The van der Waals surface area contributed by atoms with E-state index in [0.717, 1.165) is 15.7 Å². The summed E-state index contributed by atoms with van der Waals surface area (Å²) in [7, 11) is 0. The van der Waals surface area contributed by atoms with Gasteiger partial charge in [-0.25, -0.2) is 0 Å². The summed E-state index contributed by atoms with van der Waals surface area (Å²) >= 11 is 8.71. The van der Waals surface area contributed by atoms with Crippen molar-refractivity contribution in [2.75, 3.05) is 0 Å². The van der Waals surface area contributed by atoms with Crippen molar-refractivity contribution in [3.8, 4) is 0 Å². The van der Waals surface area contributed by atoms with Gasteiger partial charge in [-0.3, -0.25) is 5.43 Å². The first-order valence-corrected chi connectivity index (χ1v) is 8.22. The lowest BCUT2D eigenvalue weighted by molar-refractivity contribution is 0.412. The largest absolute Gasteiger partial charge is 0.359 e. The molecule has 1 fully saturated rings. The van der Waals surface area contributed by atoms with E-state index in [1.807, 2.05) is 31.2 Å². The molecule has 3 nitrogen and oxygen atoms in total. The van der Waals surface area contributed by atoms with Crippen LogP contribution in [0.4, 0.5) is 0 Å². The number of benzene rings is 1. The predicted octanol–water partition coefficient (Wildman–Crippen LogP) is 3.97. The van der Waals surface area contributed by atoms with Gasteiger partial charge in [-0.2, -0.15) is 5.10 Å². The first kappa shape index (κ1) is 15.4. The Bertz CT molecular complexity index is 478. The topological polar surface area (TPSA) is 36.4 Å². The summed E-state index contributed by atoms with van der Waals surface area (Å²) in [5, 5.41) is 8.30. The molecule has 0 radical (unpaired) electrons. The quantitative estimate of drug-likeness (QED) is 0.490. The van der Waals surface area contributed by atoms with Crippen molar-refractivity contribution < 1.29 is 0 Å². The van der Waals surface area contributed by atoms with E-state index in [1.165, 1.54) is 32.1 Å². The van der Waals surface area contributed by atoms with Gasteiger partial charge in [0.1, 0.15) is 0 Å². The molecule has 5 heteroatoms. The molecule has 1 aromatic rings. The van der Waals surface area contributed by atoms with Crippen LogP contribution in [0.5, 0.6) is 0 Å². The summed E-state index contributed by atoms with van der Waals surface area (Å²) < 4.78 is 1.07. The lowest BCUT2D eigenvalue weighted by atomic mass is 9.96. The molecule has 0 amide bonds. The normalized spacial score (nSPS) is 16.8. The second-order valence-corrected chi connectivity index (χ2v) is 6.45. The Labute approximate surface area is 134 Å². The van der Waals surface area contributed by atoms with E-state index in [1.54, 1.807) is 0 Å². The molecule has 1 aliphatic carbocycles. The van der Waals surface area contributed by atoms with Crippen LogP contribution >= 0.6 is 28.1 Å². The standard InChI is InChI=1S/C15H20BrN3S/c1-11(12-7-9-13(16)10-8-12)18-19-15(20)17-14-5-3-2-4-6-14/h7-10,14H,2-6H2,1H3,(H2,17,19,20). The average molecular weight is 354 g/mol. The molecule has 0 saturated heterocycles. The van der Waals surface area contributed by atoms with Crippen molar-refractivity contribution in [2.24, 2.45) is 5.10 Å². The minimum absolute atomic E-state index is 0.506. The van der Waals surface area contributed by atoms with Crippen molar-refractivity contribution in [1.29, 1.82) is 0 Å². The SMILES string of the molecule is CC(=NNC(=S)NC1CCCCC1)c1ccc(Br)cc1. The number of halogens is 1. The average Bonchev–Trinajstić information content (AvgIpc) is 2.46. The van der Waals surface area contributed by atoms with Gasteiger partial charge < -0.3 is 5.32 Å². The third-order valence-corrected chi connectivity index (χ3v) is 4.27. The molecule has 1 saturated carbocycles. The second-order valence-electron chi connectivity index (χ2n) is 5.12. The number of rotatable bonds is 3. The maximum Gasteiger partial charge on any atom is 0.187 e. The van der Waals surface area contributed by atoms with Crippen molar-refractivity contribution in [3.63, 3.8) is 0 Å². The molecule has 2 rings (SSSR count). The Morgan fingerprint density at radius 2 is 1.85 bits per heavy atom. The minimum atomic E-state index is 0.506. The van der Waals surface area contributed by atoms with E-state index in [2.05, 4.69) is 31.8 Å². The van der Waals surface area contributed by atoms with Crippen LogP contribution in [0.1, 0.15) is 44.6 Å². The number of nitrogens with one attached hydrogen (secondary N) is 2. The van der Waals surface area contributed by atoms with E-state index in [4.69, 9.17) is 12.2 Å². The summed E-state index contributed by atoms with van der Waals surface area (Å²) in [5.41, 5.74) is 4.95. The molecule has 1 aromatic carbocycles. The smallest absolute Gasteiger partial charge is 0.187 e. The van der Waals surface area contributed by atoms with Gasteiger partial charge in [0.15, 0.2) is 5.11 Å². The summed E-state index contributed by atoms with van der Waals surface area (Å²) in [6, 6.07) is 8.58. The molecule has 0 aromatic heterocycles. The third-order valence-electron chi connectivity index (χ3n) is 3.53. The molecule has 0 atom stereocenters. The molecular weight excluding hydrogens is 334 g/mol. The summed E-state index contributed by atoms with van der Waals surface area (Å²) in [4.78, 5) is 0. The Balaban J connectivity index is 1.84. The van der Waals surface area contributed by atoms with E-state index < -0.39 is 0 Å². The maximum absolute atomic E-state index is 5.29. The summed E-state index contributed by atoms with van der Waals surface area (Å²) in [6.45, 7) is 1.97. The van der Waals surface area contributed by atoms with Gasteiger partial charge >= 0.3 is 0 Å². The molecule has 0 spiro atoms. The fraction of sp³-hybridized carbons (Fsp3) is 0.467. The molecule has 2 N–H and O–H groups in total. The number of nitrogens with zero attached hydrogens (tertiary/aromatic N) is 1. The van der Waals surface area contributed by atoms with Crippen LogP contribution in [0.15, 0.2) is 33.8 Å². The molecule has 0 bridgehead atoms. The van der Waals surface area contributed by atoms with Gasteiger partial charge in [0, 0.05) is 10.5 Å². The number of hydrogen-bond acceptors (Lipinski definition) is 2. The Morgan fingerprint density at radius 3 is 2.50 bits per heavy atom. The van der Waals surface area contributed by atoms with Crippen LogP contribution in [-0.2, 0) is 0 Å². The van der Waals surface area contributed by atoms with Gasteiger partial charge in [-0.1, -0.05) is 47.3 Å². The van der Waals surface area contributed by atoms with Crippen molar-refractivity contribution in [2.45, 2.75) is 45.1 Å². The van der Waals surface area contributed by atoms with Crippen LogP contribution in [0.25, 0.3) is 0 Å². The zero-order chi connectivity index (χ0) is 14.4. The number of hydrazone groups is 1. The first-order valence-electron chi connectivity index (χ1n) is 7.02. The fourth-order valence-corrected chi connectivity index (χ4v) is 2.83. The van der Waals surface area contributed by atoms with Crippen LogP contribution in [-0.4, -0.2) is 16.9 Å². The Morgan fingerprint density at radius 1 is 1.20 bits per heavy atom. The molecule has 20 heavy (non-hydrogen) atoms. The molecule has 1 aliphatic rings. The van der Waals surface area contributed by atoms with Crippen molar-refractivity contribution in [3.05, 3.63) is 34.3 Å². The highest BCUT2D eigenvalue weighted by Gasteiger charge is 2.13. The monoisotopic (exact) mass is 353 g/mol. The van der Waals surface area contributed by atoms with Crippen LogP contribution < -0.4 is 10.7 Å². The Kier molecular flexibility index (Phi) is 5.98. The van der Waals surface area contributed by atoms with E-state index >= 15 is 0 Å². The van der Waals surface area contributed by atoms with Gasteiger partial charge in [0.05, 0.1) is 5.71 Å². The zero-order valence-electron chi connectivity index (χ0n) is 11.7. The second kappa shape index (κ2) is 7.74. The first-order chi connectivity index (χ1) is 9.65. The van der Waals surface area contributed by atoms with E-state index in [0.29, 0.717) is 11.2 Å². The highest BCUT2D eigenvalue weighted by atomic mass is 79.9. The molecule has 0 unspecified atom stereocenters. The van der Waals surface area contributed by atoms with Gasteiger partial charge in [-0.15, -0.1) is 0 Å². The van der Waals surface area contributed by atoms with Crippen LogP contribution in [0.2, 0.25) is 0 Å². The molecule has 0 aliphatic heterocycles. The summed E-state index contributed by atoms with van der Waals surface area (Å²) in [6.07, 6.45) is 6.34. The van der Waals surface area contributed by atoms with Gasteiger partial charge in [-0.05, 0) is 49.7 Å². The zero-order valence-corrected chi connectivity index (χ0v) is 14.1. The molecular formula is C15H20BrN3S. The molecule has 108 valence electrons. The number of thiocarbonyl (C=S) groups is 1. The lowest BCUT2D eigenvalue weighted by Crippen LogP contribution is -2.41. The van der Waals surface area contributed by atoms with E-state index in [9.17, 15) is 0 Å². The van der Waals surface area contributed by atoms with Crippen LogP contribution in [0, 0.1) is 0 Å². The fourth-order valence-electron chi connectivity index (χ4n) is 2.35. The van der Waals surface area contributed by atoms with E-state index in [-0.39, 0.29) is 0 Å². The maximum atomic E-state index is 5.29. The number of hydrogen-bond donors (Lipinski definition) is 2. The predicted molar refractivity (Wildman–Crippen MR) is 92.1 cm³/mol. The Hall–Kier alpha value is -0.940. The summed E-state index contributed by atoms with van der Waals surface area (Å²) in [5.74, 6) is 0. The lowest BCUT2D eigenvalue weighted by Gasteiger charge is -2.23. The van der Waals surface area contributed by atoms with Gasteiger partial charge in [0.25, 0.3) is 0 Å².